The van der Waals surface area contributed by atoms with Gasteiger partial charge in [0.15, 0.2) is 0 Å². The third-order valence-electron chi connectivity index (χ3n) is 2.76. The normalized spacial score (nSPS) is 19.9. The van der Waals surface area contributed by atoms with Gasteiger partial charge in [0, 0.05) is 19.0 Å². The van der Waals surface area contributed by atoms with E-state index in [4.69, 9.17) is 0 Å². The molecule has 0 aromatic carbocycles. The van der Waals surface area contributed by atoms with Gasteiger partial charge in [-0.2, -0.15) is 0 Å². The SMILES string of the molecule is O=CCc1ccc(C2CCC(=O)NC2=O)nc1. The highest BCUT2D eigenvalue weighted by Crippen LogP contribution is 2.22. The lowest BCUT2D eigenvalue weighted by molar-refractivity contribution is -0.134. The Balaban J connectivity index is 2.14. The van der Waals surface area contributed by atoms with Gasteiger partial charge in [-0.05, 0) is 18.1 Å². The molecule has 1 saturated heterocycles. The number of aromatic nitrogens is 1. The van der Waals surface area contributed by atoms with Crippen LogP contribution in [0.25, 0.3) is 0 Å². The van der Waals surface area contributed by atoms with Crippen LogP contribution < -0.4 is 5.32 Å². The number of carbonyl (C=O) groups excluding carboxylic acids is 3. The summed E-state index contributed by atoms with van der Waals surface area (Å²) in [7, 11) is 0. The molecule has 1 aliphatic rings. The van der Waals surface area contributed by atoms with Crippen molar-refractivity contribution in [1.29, 1.82) is 0 Å². The molecule has 1 fully saturated rings. The third-order valence-corrected chi connectivity index (χ3v) is 2.76. The van der Waals surface area contributed by atoms with E-state index in [-0.39, 0.29) is 17.7 Å². The summed E-state index contributed by atoms with van der Waals surface area (Å²) in [5.41, 5.74) is 1.46. The van der Waals surface area contributed by atoms with Crippen molar-refractivity contribution in [2.24, 2.45) is 0 Å². The molecular weight excluding hydrogens is 220 g/mol. The average Bonchev–Trinajstić information content (AvgIpc) is 2.31. The highest BCUT2D eigenvalue weighted by Gasteiger charge is 2.28. The minimum atomic E-state index is -0.363. The second kappa shape index (κ2) is 4.86. The van der Waals surface area contributed by atoms with Gasteiger partial charge in [0.1, 0.15) is 6.29 Å². The van der Waals surface area contributed by atoms with E-state index >= 15 is 0 Å². The van der Waals surface area contributed by atoms with Crippen LogP contribution in [0.4, 0.5) is 0 Å². The number of carbonyl (C=O) groups is 3. The minimum Gasteiger partial charge on any atom is -0.303 e. The molecule has 1 N–H and O–H groups in total. The van der Waals surface area contributed by atoms with Crippen molar-refractivity contribution in [1.82, 2.24) is 10.3 Å². The predicted octanol–water partition coefficient (Wildman–Crippen LogP) is 0.343. The van der Waals surface area contributed by atoms with E-state index in [0.29, 0.717) is 25.0 Å². The fourth-order valence-corrected chi connectivity index (χ4v) is 1.83. The predicted molar refractivity (Wildman–Crippen MR) is 59.1 cm³/mol. The molecule has 1 aromatic rings. The summed E-state index contributed by atoms with van der Waals surface area (Å²) in [6, 6.07) is 3.51. The van der Waals surface area contributed by atoms with E-state index in [0.717, 1.165) is 11.8 Å². The second-order valence-corrected chi connectivity index (χ2v) is 3.97. The fraction of sp³-hybridized carbons (Fsp3) is 0.333. The largest absolute Gasteiger partial charge is 0.303 e. The van der Waals surface area contributed by atoms with Gasteiger partial charge >= 0.3 is 0 Å². The number of hydrogen-bond acceptors (Lipinski definition) is 4. The van der Waals surface area contributed by atoms with Gasteiger partial charge in [-0.15, -0.1) is 0 Å². The van der Waals surface area contributed by atoms with Crippen LogP contribution in [-0.2, 0) is 20.8 Å². The minimum absolute atomic E-state index is 0.233. The third kappa shape index (κ3) is 2.55. The first-order valence-electron chi connectivity index (χ1n) is 5.43. The van der Waals surface area contributed by atoms with Crippen LogP contribution in [0, 0.1) is 0 Å². The van der Waals surface area contributed by atoms with Gasteiger partial charge in [-0.1, -0.05) is 6.07 Å². The van der Waals surface area contributed by atoms with Crippen LogP contribution in [0.15, 0.2) is 18.3 Å². The topological polar surface area (TPSA) is 76.1 Å². The number of hydrogen-bond donors (Lipinski definition) is 1. The Bertz CT molecular complexity index is 453. The number of piperidine rings is 1. The van der Waals surface area contributed by atoms with E-state index in [1.54, 1.807) is 18.3 Å². The molecule has 88 valence electrons. The molecule has 17 heavy (non-hydrogen) atoms. The molecule has 0 radical (unpaired) electrons. The molecule has 1 unspecified atom stereocenters. The molecule has 1 aliphatic heterocycles. The maximum atomic E-state index is 11.6. The van der Waals surface area contributed by atoms with Crippen LogP contribution in [-0.4, -0.2) is 23.1 Å². The molecule has 0 bridgehead atoms. The van der Waals surface area contributed by atoms with Crippen molar-refractivity contribution in [2.75, 3.05) is 0 Å². The average molecular weight is 232 g/mol. The summed E-state index contributed by atoms with van der Waals surface area (Å²) >= 11 is 0. The number of amides is 2. The molecule has 2 rings (SSSR count). The number of nitrogens with zero attached hydrogens (tertiary/aromatic N) is 1. The molecule has 5 heteroatoms. The number of imide groups is 1. The van der Waals surface area contributed by atoms with Crippen LogP contribution in [0.5, 0.6) is 0 Å². The smallest absolute Gasteiger partial charge is 0.235 e. The van der Waals surface area contributed by atoms with Crippen LogP contribution in [0.1, 0.15) is 30.0 Å². The summed E-state index contributed by atoms with van der Waals surface area (Å²) in [6.45, 7) is 0. The van der Waals surface area contributed by atoms with E-state index in [1.807, 2.05) is 0 Å². The van der Waals surface area contributed by atoms with Crippen molar-refractivity contribution in [3.63, 3.8) is 0 Å². The molecule has 0 spiro atoms. The number of pyridine rings is 1. The van der Waals surface area contributed by atoms with Gasteiger partial charge in [-0.3, -0.25) is 19.9 Å². The maximum absolute atomic E-state index is 11.6. The zero-order chi connectivity index (χ0) is 12.3. The number of aldehydes is 1. The molecule has 2 amide bonds. The van der Waals surface area contributed by atoms with E-state index in [1.165, 1.54) is 0 Å². The Morgan fingerprint density at radius 1 is 1.41 bits per heavy atom. The standard InChI is InChI=1S/C12H12N2O3/c15-6-5-8-1-3-10(13-7-8)9-2-4-11(16)14-12(9)17/h1,3,6-7,9H,2,4-5H2,(H,14,16,17). The van der Waals surface area contributed by atoms with Crippen molar-refractivity contribution in [2.45, 2.75) is 25.2 Å². The lowest BCUT2D eigenvalue weighted by atomic mass is 9.94. The molecule has 2 heterocycles. The molecule has 5 nitrogen and oxygen atoms in total. The van der Waals surface area contributed by atoms with Gasteiger partial charge < -0.3 is 4.79 Å². The van der Waals surface area contributed by atoms with Crippen LogP contribution in [0.2, 0.25) is 0 Å². The van der Waals surface area contributed by atoms with E-state index in [9.17, 15) is 14.4 Å². The fourth-order valence-electron chi connectivity index (χ4n) is 1.83. The quantitative estimate of drug-likeness (QED) is 0.602. The summed E-state index contributed by atoms with van der Waals surface area (Å²) in [5, 5.41) is 2.29. The molecule has 1 atom stereocenters. The summed E-state index contributed by atoms with van der Waals surface area (Å²) < 4.78 is 0. The Kier molecular flexibility index (Phi) is 3.27. The van der Waals surface area contributed by atoms with Crippen LogP contribution >= 0.6 is 0 Å². The first-order valence-corrected chi connectivity index (χ1v) is 5.43. The van der Waals surface area contributed by atoms with Crippen LogP contribution in [0.3, 0.4) is 0 Å². The molecular formula is C12H12N2O3. The first kappa shape index (κ1) is 11.4. The van der Waals surface area contributed by atoms with E-state index < -0.39 is 0 Å². The molecule has 0 aliphatic carbocycles. The zero-order valence-corrected chi connectivity index (χ0v) is 9.18. The van der Waals surface area contributed by atoms with Gasteiger partial charge in [-0.25, -0.2) is 0 Å². The Hall–Kier alpha value is -2.04. The zero-order valence-electron chi connectivity index (χ0n) is 9.18. The van der Waals surface area contributed by atoms with Crippen molar-refractivity contribution >= 4 is 18.1 Å². The summed E-state index contributed by atoms with van der Waals surface area (Å²) in [4.78, 5) is 37.1. The van der Waals surface area contributed by atoms with Crippen molar-refractivity contribution < 1.29 is 14.4 Å². The molecule has 0 saturated carbocycles. The van der Waals surface area contributed by atoms with Crippen molar-refractivity contribution in [3.05, 3.63) is 29.6 Å². The Morgan fingerprint density at radius 3 is 2.82 bits per heavy atom. The second-order valence-electron chi connectivity index (χ2n) is 3.97. The first-order chi connectivity index (χ1) is 8.20. The van der Waals surface area contributed by atoms with Gasteiger partial charge in [0.2, 0.25) is 11.8 Å². The van der Waals surface area contributed by atoms with Crippen molar-refractivity contribution in [3.8, 4) is 0 Å². The van der Waals surface area contributed by atoms with Gasteiger partial charge in [0.25, 0.3) is 0 Å². The monoisotopic (exact) mass is 232 g/mol. The number of nitrogens with one attached hydrogen (secondary N) is 1. The van der Waals surface area contributed by atoms with Gasteiger partial charge in [0.05, 0.1) is 11.6 Å². The van der Waals surface area contributed by atoms with E-state index in [2.05, 4.69) is 10.3 Å². The summed E-state index contributed by atoms with van der Waals surface area (Å²) in [6.07, 6.45) is 3.55. The molecule has 1 aromatic heterocycles. The lowest BCUT2D eigenvalue weighted by Crippen LogP contribution is -2.39. The Morgan fingerprint density at radius 2 is 2.24 bits per heavy atom. The highest BCUT2D eigenvalue weighted by molar-refractivity contribution is 6.00. The lowest BCUT2D eigenvalue weighted by Gasteiger charge is -2.20. The number of rotatable bonds is 3. The Labute approximate surface area is 98.2 Å². The maximum Gasteiger partial charge on any atom is 0.235 e. The highest BCUT2D eigenvalue weighted by atomic mass is 16.2. The summed E-state index contributed by atoms with van der Waals surface area (Å²) in [5.74, 6) is -0.890.